The van der Waals surface area contributed by atoms with Gasteiger partial charge < -0.3 is 9.52 Å². The van der Waals surface area contributed by atoms with Crippen molar-refractivity contribution in [3.05, 3.63) is 32.0 Å². The minimum absolute atomic E-state index is 0.0556. The van der Waals surface area contributed by atoms with Gasteiger partial charge in [-0.25, -0.2) is 4.79 Å². The van der Waals surface area contributed by atoms with E-state index in [1.807, 2.05) is 0 Å². The Morgan fingerprint density at radius 2 is 2.21 bits per heavy atom. The summed E-state index contributed by atoms with van der Waals surface area (Å²) in [4.78, 5) is 20.0. The minimum atomic E-state index is -0.747. The summed E-state index contributed by atoms with van der Waals surface area (Å²) in [7, 11) is 0. The summed E-state index contributed by atoms with van der Waals surface area (Å²) in [5.74, 6) is -0.473. The molecular formula is C7H3NO5S. The molecule has 0 atom stereocenters. The molecule has 0 spiro atoms. The number of nitrogens with zero attached hydrogens (tertiary/aromatic N) is 1. The Kier molecular flexibility index (Phi) is 1.74. The van der Waals surface area contributed by atoms with Crippen LogP contribution in [0.1, 0.15) is 0 Å². The van der Waals surface area contributed by atoms with Crippen LogP contribution in [0.25, 0.3) is 10.3 Å². The van der Waals surface area contributed by atoms with Gasteiger partial charge in [-0.1, -0.05) is 0 Å². The Morgan fingerprint density at radius 1 is 1.50 bits per heavy atom. The maximum atomic E-state index is 10.8. The van der Waals surface area contributed by atoms with Gasteiger partial charge in [0.05, 0.1) is 4.92 Å². The highest BCUT2D eigenvalue weighted by atomic mass is 32.1. The second kappa shape index (κ2) is 2.81. The van der Waals surface area contributed by atoms with Gasteiger partial charge >= 0.3 is 10.6 Å². The van der Waals surface area contributed by atoms with E-state index in [0.29, 0.717) is 11.3 Å². The molecular weight excluding hydrogens is 210 g/mol. The van der Waals surface area contributed by atoms with E-state index in [-0.39, 0.29) is 10.3 Å². The number of phenolic OH excluding ortho intramolecular Hbond substituents is 1. The molecule has 7 heteroatoms. The third kappa shape index (κ3) is 1.14. The van der Waals surface area contributed by atoms with Crippen LogP contribution in [0.2, 0.25) is 0 Å². The number of aromatic hydroxyl groups is 1. The van der Waals surface area contributed by atoms with Gasteiger partial charge in [-0.05, 0) is 23.5 Å². The average Bonchev–Trinajstić information content (AvgIpc) is 2.43. The maximum absolute atomic E-state index is 10.8. The fourth-order valence-electron chi connectivity index (χ4n) is 1.09. The first-order valence-corrected chi connectivity index (χ1v) is 4.31. The SMILES string of the molecule is O=c1oc2ccc(O)c([N+](=O)[O-])c2s1. The van der Waals surface area contributed by atoms with Crippen molar-refractivity contribution >= 4 is 27.3 Å². The molecule has 0 aliphatic carbocycles. The fraction of sp³-hybridized carbons (Fsp3) is 0. The zero-order valence-electron chi connectivity index (χ0n) is 6.59. The zero-order chi connectivity index (χ0) is 10.3. The van der Waals surface area contributed by atoms with E-state index < -0.39 is 21.3 Å². The van der Waals surface area contributed by atoms with E-state index in [0.717, 1.165) is 6.07 Å². The lowest BCUT2D eigenvalue weighted by Crippen LogP contribution is -1.88. The van der Waals surface area contributed by atoms with Gasteiger partial charge in [0.1, 0.15) is 0 Å². The van der Waals surface area contributed by atoms with Crippen molar-refractivity contribution in [3.63, 3.8) is 0 Å². The van der Waals surface area contributed by atoms with Crippen LogP contribution in [0.4, 0.5) is 5.69 Å². The van der Waals surface area contributed by atoms with Crippen molar-refractivity contribution in [2.24, 2.45) is 0 Å². The van der Waals surface area contributed by atoms with Gasteiger partial charge in [-0.15, -0.1) is 0 Å². The van der Waals surface area contributed by atoms with Crippen LogP contribution in [0.5, 0.6) is 5.75 Å². The van der Waals surface area contributed by atoms with Crippen LogP contribution in [0, 0.1) is 10.1 Å². The summed E-state index contributed by atoms with van der Waals surface area (Å²) in [5.41, 5.74) is -0.372. The molecule has 14 heavy (non-hydrogen) atoms. The molecule has 6 nitrogen and oxygen atoms in total. The molecule has 0 aliphatic rings. The van der Waals surface area contributed by atoms with Crippen LogP contribution >= 0.6 is 11.3 Å². The molecule has 0 fully saturated rings. The fourth-order valence-corrected chi connectivity index (χ4v) is 1.88. The van der Waals surface area contributed by atoms with Gasteiger partial charge in [0, 0.05) is 0 Å². The number of nitro benzene ring substituents is 1. The summed E-state index contributed by atoms with van der Waals surface area (Å²) in [6, 6.07) is 2.44. The minimum Gasteiger partial charge on any atom is -0.502 e. The third-order valence-corrected chi connectivity index (χ3v) is 2.48. The third-order valence-electron chi connectivity index (χ3n) is 1.64. The first kappa shape index (κ1) is 8.70. The Bertz CT molecular complexity index is 569. The van der Waals surface area contributed by atoms with Gasteiger partial charge in [0.25, 0.3) is 0 Å². The van der Waals surface area contributed by atoms with E-state index in [2.05, 4.69) is 4.42 Å². The van der Waals surface area contributed by atoms with E-state index >= 15 is 0 Å². The highest BCUT2D eigenvalue weighted by Gasteiger charge is 2.21. The van der Waals surface area contributed by atoms with Crippen LogP contribution < -0.4 is 4.94 Å². The second-order valence-corrected chi connectivity index (χ2v) is 3.42. The Hall–Kier alpha value is -1.89. The van der Waals surface area contributed by atoms with Crippen molar-refractivity contribution < 1.29 is 14.4 Å². The molecule has 1 aromatic heterocycles. The zero-order valence-corrected chi connectivity index (χ0v) is 7.41. The smallest absolute Gasteiger partial charge is 0.396 e. The average molecular weight is 213 g/mol. The van der Waals surface area contributed by atoms with Gasteiger partial charge in [-0.3, -0.25) is 10.1 Å². The van der Waals surface area contributed by atoms with E-state index in [1.54, 1.807) is 0 Å². The highest BCUT2D eigenvalue weighted by molar-refractivity contribution is 7.16. The number of hydrogen-bond donors (Lipinski definition) is 1. The lowest BCUT2D eigenvalue weighted by Gasteiger charge is -1.94. The van der Waals surface area contributed by atoms with Crippen LogP contribution in [0.3, 0.4) is 0 Å². The highest BCUT2D eigenvalue weighted by Crippen LogP contribution is 2.35. The Morgan fingerprint density at radius 3 is 2.86 bits per heavy atom. The molecule has 1 heterocycles. The molecule has 72 valence electrons. The topological polar surface area (TPSA) is 93.6 Å². The van der Waals surface area contributed by atoms with Crippen LogP contribution in [0.15, 0.2) is 21.3 Å². The van der Waals surface area contributed by atoms with Crippen LogP contribution in [-0.2, 0) is 0 Å². The molecule has 0 amide bonds. The van der Waals surface area contributed by atoms with Crippen molar-refractivity contribution in [1.82, 2.24) is 0 Å². The quantitative estimate of drug-likeness (QED) is 0.571. The van der Waals surface area contributed by atoms with Crippen molar-refractivity contribution in [1.29, 1.82) is 0 Å². The molecule has 0 bridgehead atoms. The lowest BCUT2D eigenvalue weighted by molar-refractivity contribution is -0.383. The summed E-state index contributed by atoms with van der Waals surface area (Å²) >= 11 is 0.597. The van der Waals surface area contributed by atoms with Crippen molar-refractivity contribution in [2.45, 2.75) is 0 Å². The van der Waals surface area contributed by atoms with E-state index in [4.69, 9.17) is 0 Å². The Labute approximate surface area is 80.2 Å². The molecule has 2 rings (SSSR count). The second-order valence-electron chi connectivity index (χ2n) is 2.47. The summed E-state index contributed by atoms with van der Waals surface area (Å²) in [6.07, 6.45) is 0. The Balaban J connectivity index is 2.95. The van der Waals surface area contributed by atoms with Gasteiger partial charge in [0.2, 0.25) is 0 Å². The molecule has 0 radical (unpaired) electrons. The number of nitro groups is 1. The molecule has 1 aromatic carbocycles. The number of fused-ring (bicyclic) bond motifs is 1. The normalized spacial score (nSPS) is 10.6. The first-order valence-electron chi connectivity index (χ1n) is 3.49. The van der Waals surface area contributed by atoms with Crippen molar-refractivity contribution in [2.75, 3.05) is 0 Å². The number of hydrogen-bond acceptors (Lipinski definition) is 6. The molecule has 2 aromatic rings. The van der Waals surface area contributed by atoms with E-state index in [1.165, 1.54) is 6.07 Å². The summed E-state index contributed by atoms with van der Waals surface area (Å²) < 4.78 is 4.72. The van der Waals surface area contributed by atoms with Gasteiger partial charge in [-0.2, -0.15) is 0 Å². The summed E-state index contributed by atoms with van der Waals surface area (Å²) in [6.45, 7) is 0. The standard InChI is InChI=1S/C7H3NO5S/c9-3-1-2-4-6(5(3)8(11)12)14-7(10)13-4/h1-2,9H. The van der Waals surface area contributed by atoms with Crippen LogP contribution in [-0.4, -0.2) is 10.0 Å². The van der Waals surface area contributed by atoms with Crippen molar-refractivity contribution in [3.8, 4) is 5.75 Å². The number of benzene rings is 1. The molecule has 0 saturated carbocycles. The van der Waals surface area contributed by atoms with Gasteiger partial charge in [0.15, 0.2) is 16.0 Å². The molecule has 0 saturated heterocycles. The molecule has 0 unspecified atom stereocenters. The monoisotopic (exact) mass is 213 g/mol. The first-order chi connectivity index (χ1) is 6.59. The predicted octanol–water partition coefficient (Wildman–Crippen LogP) is 1.47. The number of phenols is 1. The largest absolute Gasteiger partial charge is 0.502 e. The molecule has 1 N–H and O–H groups in total. The molecule has 0 aliphatic heterocycles. The van der Waals surface area contributed by atoms with E-state index in [9.17, 15) is 20.0 Å². The maximum Gasteiger partial charge on any atom is 0.396 e. The lowest BCUT2D eigenvalue weighted by atomic mass is 10.3. The predicted molar refractivity (Wildman–Crippen MR) is 48.7 cm³/mol. The summed E-state index contributed by atoms with van der Waals surface area (Å²) in [5, 5.41) is 19.8. The number of rotatable bonds is 1.